The lowest BCUT2D eigenvalue weighted by Crippen LogP contribution is -2.28. The average Bonchev–Trinajstić information content (AvgIpc) is 3.34. The Morgan fingerprint density at radius 2 is 1.38 bits per heavy atom. The van der Waals surface area contributed by atoms with E-state index in [-0.39, 0.29) is 12.1 Å². The highest BCUT2D eigenvalue weighted by atomic mass is 15.1. The smallest absolute Gasteiger partial charge is 0.105 e. The SMILES string of the molecule is c1ccc([C@@H]2N=C(C3CCc4ccccc43)N[C@H]2c2ccccc2)cc1. The van der Waals surface area contributed by atoms with E-state index in [1.807, 2.05) is 0 Å². The molecular weight excluding hydrogens is 316 g/mol. The highest BCUT2D eigenvalue weighted by Crippen LogP contribution is 2.41. The molecule has 0 spiro atoms. The van der Waals surface area contributed by atoms with Crippen LogP contribution in [0.15, 0.2) is 89.9 Å². The Morgan fingerprint density at radius 1 is 0.731 bits per heavy atom. The van der Waals surface area contributed by atoms with Crippen molar-refractivity contribution < 1.29 is 0 Å². The molecule has 0 saturated carbocycles. The largest absolute Gasteiger partial charge is 0.364 e. The molecule has 1 aliphatic carbocycles. The average molecular weight is 338 g/mol. The number of aliphatic imine (C=N–C) groups is 1. The number of nitrogens with zero attached hydrogens (tertiary/aromatic N) is 1. The van der Waals surface area contributed by atoms with E-state index in [1.54, 1.807) is 0 Å². The van der Waals surface area contributed by atoms with Crippen LogP contribution >= 0.6 is 0 Å². The zero-order valence-electron chi connectivity index (χ0n) is 14.7. The Hall–Kier alpha value is -2.87. The number of amidine groups is 1. The van der Waals surface area contributed by atoms with Crippen molar-refractivity contribution >= 4 is 5.84 Å². The predicted molar refractivity (Wildman–Crippen MR) is 106 cm³/mol. The monoisotopic (exact) mass is 338 g/mol. The molecule has 1 N–H and O–H groups in total. The summed E-state index contributed by atoms with van der Waals surface area (Å²) in [7, 11) is 0. The second kappa shape index (κ2) is 6.45. The first-order valence-corrected chi connectivity index (χ1v) is 9.42. The zero-order chi connectivity index (χ0) is 17.3. The van der Waals surface area contributed by atoms with Gasteiger partial charge in [0.25, 0.3) is 0 Å². The molecule has 2 nitrogen and oxygen atoms in total. The molecule has 128 valence electrons. The highest BCUT2D eigenvalue weighted by Gasteiger charge is 2.36. The number of nitrogens with one attached hydrogen (secondary N) is 1. The van der Waals surface area contributed by atoms with Gasteiger partial charge in [0.15, 0.2) is 0 Å². The lowest BCUT2D eigenvalue weighted by Gasteiger charge is -2.20. The van der Waals surface area contributed by atoms with Crippen LogP contribution in [0.5, 0.6) is 0 Å². The molecule has 5 rings (SSSR count). The van der Waals surface area contributed by atoms with E-state index in [0.717, 1.165) is 18.7 Å². The van der Waals surface area contributed by atoms with Gasteiger partial charge in [-0.1, -0.05) is 84.9 Å². The van der Waals surface area contributed by atoms with E-state index < -0.39 is 0 Å². The Bertz CT molecular complexity index is 931. The minimum Gasteiger partial charge on any atom is -0.364 e. The van der Waals surface area contributed by atoms with Crippen molar-refractivity contribution in [3.05, 3.63) is 107 Å². The molecule has 0 fully saturated rings. The first-order valence-electron chi connectivity index (χ1n) is 9.42. The van der Waals surface area contributed by atoms with Gasteiger partial charge in [-0.05, 0) is 35.1 Å². The maximum atomic E-state index is 5.20. The van der Waals surface area contributed by atoms with Crippen LogP contribution in [-0.4, -0.2) is 5.84 Å². The van der Waals surface area contributed by atoms with E-state index in [4.69, 9.17) is 4.99 Å². The molecule has 2 aliphatic rings. The number of fused-ring (bicyclic) bond motifs is 1. The van der Waals surface area contributed by atoms with Gasteiger partial charge < -0.3 is 5.32 Å². The van der Waals surface area contributed by atoms with E-state index >= 15 is 0 Å². The Labute approximate surface area is 154 Å². The first-order chi connectivity index (χ1) is 12.9. The molecule has 3 aromatic carbocycles. The maximum Gasteiger partial charge on any atom is 0.105 e. The third-order valence-corrected chi connectivity index (χ3v) is 5.66. The lowest BCUT2D eigenvalue weighted by atomic mass is 9.95. The van der Waals surface area contributed by atoms with Crippen molar-refractivity contribution in [1.82, 2.24) is 5.32 Å². The molecule has 1 heterocycles. The molecule has 0 radical (unpaired) electrons. The Morgan fingerprint density at radius 3 is 2.15 bits per heavy atom. The maximum absolute atomic E-state index is 5.20. The molecule has 0 saturated heterocycles. The van der Waals surface area contributed by atoms with E-state index in [0.29, 0.717) is 5.92 Å². The summed E-state index contributed by atoms with van der Waals surface area (Å²) in [6, 6.07) is 30.5. The third kappa shape index (κ3) is 2.62. The predicted octanol–water partition coefficient (Wildman–Crippen LogP) is 5.20. The number of hydrogen-bond acceptors (Lipinski definition) is 2. The summed E-state index contributed by atoms with van der Waals surface area (Å²) in [6.07, 6.45) is 2.29. The van der Waals surface area contributed by atoms with Gasteiger partial charge in [-0.3, -0.25) is 4.99 Å². The topological polar surface area (TPSA) is 24.4 Å². The lowest BCUT2D eigenvalue weighted by molar-refractivity contribution is 0.570. The molecule has 2 heteroatoms. The normalized spacial score (nSPS) is 24.0. The van der Waals surface area contributed by atoms with Crippen molar-refractivity contribution in [3.63, 3.8) is 0 Å². The van der Waals surface area contributed by atoms with Gasteiger partial charge in [0.2, 0.25) is 0 Å². The first kappa shape index (κ1) is 15.4. The number of aryl methyl sites for hydroxylation is 1. The summed E-state index contributed by atoms with van der Waals surface area (Å²) in [4.78, 5) is 5.20. The fraction of sp³-hybridized carbons (Fsp3) is 0.208. The zero-order valence-corrected chi connectivity index (χ0v) is 14.7. The summed E-state index contributed by atoms with van der Waals surface area (Å²) in [5.41, 5.74) is 5.49. The summed E-state index contributed by atoms with van der Waals surface area (Å²) >= 11 is 0. The summed E-state index contributed by atoms with van der Waals surface area (Å²) < 4.78 is 0. The number of hydrogen-bond donors (Lipinski definition) is 1. The molecule has 0 aromatic heterocycles. The molecule has 0 bridgehead atoms. The van der Waals surface area contributed by atoms with Crippen LogP contribution in [0, 0.1) is 0 Å². The minimum atomic E-state index is 0.126. The van der Waals surface area contributed by atoms with Gasteiger partial charge in [-0.2, -0.15) is 0 Å². The summed E-state index contributed by atoms with van der Waals surface area (Å²) in [5, 5.41) is 3.79. The number of benzene rings is 3. The van der Waals surface area contributed by atoms with Crippen molar-refractivity contribution in [1.29, 1.82) is 0 Å². The fourth-order valence-corrected chi connectivity index (χ4v) is 4.37. The minimum absolute atomic E-state index is 0.126. The second-order valence-electron chi connectivity index (χ2n) is 7.19. The molecule has 0 amide bonds. The van der Waals surface area contributed by atoms with Crippen LogP contribution in [0.1, 0.15) is 46.7 Å². The van der Waals surface area contributed by atoms with Crippen LogP contribution in [0.4, 0.5) is 0 Å². The van der Waals surface area contributed by atoms with Crippen molar-refractivity contribution in [2.45, 2.75) is 30.8 Å². The summed E-state index contributed by atoms with van der Waals surface area (Å²) in [6.45, 7) is 0. The van der Waals surface area contributed by atoms with E-state index in [1.165, 1.54) is 22.3 Å². The summed E-state index contributed by atoms with van der Waals surface area (Å²) in [5.74, 6) is 1.55. The standard InChI is InChI=1S/C24H22N2/c1-3-10-18(11-4-1)22-23(19-12-5-2-6-13-19)26-24(25-22)21-16-15-17-9-7-8-14-20(17)21/h1-14,21-23H,15-16H2,(H,25,26)/t21?,22-,23-/m0/s1. The Balaban J connectivity index is 1.54. The molecule has 26 heavy (non-hydrogen) atoms. The van der Waals surface area contributed by atoms with Gasteiger partial charge in [0, 0.05) is 5.92 Å². The van der Waals surface area contributed by atoms with Crippen molar-refractivity contribution in [2.75, 3.05) is 0 Å². The van der Waals surface area contributed by atoms with Crippen LogP contribution in [0.3, 0.4) is 0 Å². The molecule has 3 aromatic rings. The molecule has 3 atom stereocenters. The van der Waals surface area contributed by atoms with Gasteiger partial charge in [-0.15, -0.1) is 0 Å². The van der Waals surface area contributed by atoms with E-state index in [2.05, 4.69) is 90.2 Å². The molecular formula is C24H22N2. The molecule has 1 unspecified atom stereocenters. The third-order valence-electron chi connectivity index (χ3n) is 5.66. The Kier molecular flexibility index (Phi) is 3.82. The van der Waals surface area contributed by atoms with Crippen LogP contribution in [-0.2, 0) is 6.42 Å². The molecule has 1 aliphatic heterocycles. The van der Waals surface area contributed by atoms with Crippen LogP contribution in [0.2, 0.25) is 0 Å². The van der Waals surface area contributed by atoms with Crippen molar-refractivity contribution in [2.24, 2.45) is 4.99 Å². The second-order valence-corrected chi connectivity index (χ2v) is 7.19. The van der Waals surface area contributed by atoms with E-state index in [9.17, 15) is 0 Å². The highest BCUT2D eigenvalue weighted by molar-refractivity contribution is 5.92. The van der Waals surface area contributed by atoms with Gasteiger partial charge in [0.1, 0.15) is 11.9 Å². The number of rotatable bonds is 3. The quantitative estimate of drug-likeness (QED) is 0.697. The van der Waals surface area contributed by atoms with Gasteiger partial charge in [0.05, 0.1) is 6.04 Å². The fourth-order valence-electron chi connectivity index (χ4n) is 4.37. The van der Waals surface area contributed by atoms with Crippen LogP contribution < -0.4 is 5.32 Å². The van der Waals surface area contributed by atoms with Gasteiger partial charge >= 0.3 is 0 Å². The van der Waals surface area contributed by atoms with Crippen molar-refractivity contribution in [3.8, 4) is 0 Å². The van der Waals surface area contributed by atoms with Crippen LogP contribution in [0.25, 0.3) is 0 Å². The van der Waals surface area contributed by atoms with Gasteiger partial charge in [-0.25, -0.2) is 0 Å².